The van der Waals surface area contributed by atoms with E-state index in [9.17, 15) is 0 Å². The molecule has 0 radical (unpaired) electrons. The fourth-order valence-electron chi connectivity index (χ4n) is 2.91. The predicted octanol–water partition coefficient (Wildman–Crippen LogP) is 5.77. The quantitative estimate of drug-likeness (QED) is 0.685. The van der Waals surface area contributed by atoms with E-state index in [2.05, 4.69) is 76.6 Å². The molecule has 2 rings (SSSR count). The van der Waals surface area contributed by atoms with Crippen LogP contribution in [0.15, 0.2) is 30.3 Å². The second-order valence-electron chi connectivity index (χ2n) is 7.43. The zero-order valence-electron chi connectivity index (χ0n) is 15.0. The third-order valence-corrected chi connectivity index (χ3v) is 4.04. The molecule has 0 aliphatic heterocycles. The maximum atomic E-state index is 5.03. The SMILES string of the molecule is CCCCc1c(-c2ccccc2)c(C(C)(C)C)nn1C(C)C. The molecule has 0 amide bonds. The molecule has 0 bridgehead atoms. The van der Waals surface area contributed by atoms with E-state index in [1.54, 1.807) is 0 Å². The van der Waals surface area contributed by atoms with E-state index in [1.165, 1.54) is 35.4 Å². The van der Waals surface area contributed by atoms with Gasteiger partial charge in [-0.1, -0.05) is 64.4 Å². The number of rotatable bonds is 5. The highest BCUT2D eigenvalue weighted by molar-refractivity contribution is 5.70. The number of nitrogens with zero attached hydrogens (tertiary/aromatic N) is 2. The summed E-state index contributed by atoms with van der Waals surface area (Å²) in [6, 6.07) is 11.2. The summed E-state index contributed by atoms with van der Waals surface area (Å²) in [5, 5.41) is 5.03. The van der Waals surface area contributed by atoms with Gasteiger partial charge in [-0.25, -0.2) is 0 Å². The molecule has 2 aromatic rings. The molecule has 0 atom stereocenters. The largest absolute Gasteiger partial charge is 0.266 e. The van der Waals surface area contributed by atoms with Crippen molar-refractivity contribution in [2.45, 2.75) is 72.3 Å². The first kappa shape index (κ1) is 16.8. The Morgan fingerprint density at radius 2 is 1.73 bits per heavy atom. The highest BCUT2D eigenvalue weighted by atomic mass is 15.3. The standard InChI is InChI=1S/C20H30N2/c1-7-8-14-17-18(16-12-10-9-11-13-16)19(20(4,5)6)21-22(17)15(2)3/h9-13,15H,7-8,14H2,1-6H3. The molecule has 2 nitrogen and oxygen atoms in total. The molecule has 2 heteroatoms. The van der Waals surface area contributed by atoms with Gasteiger partial charge in [0.15, 0.2) is 0 Å². The first-order chi connectivity index (χ1) is 10.4. The Balaban J connectivity index is 2.69. The van der Waals surface area contributed by atoms with E-state index in [-0.39, 0.29) is 5.41 Å². The average molecular weight is 298 g/mol. The monoisotopic (exact) mass is 298 g/mol. The topological polar surface area (TPSA) is 17.8 Å². The number of unbranched alkanes of at least 4 members (excludes halogenated alkanes) is 1. The summed E-state index contributed by atoms with van der Waals surface area (Å²) in [4.78, 5) is 0. The average Bonchev–Trinajstić information content (AvgIpc) is 2.85. The molecule has 0 saturated heterocycles. The summed E-state index contributed by atoms with van der Waals surface area (Å²) in [6.45, 7) is 13.5. The van der Waals surface area contributed by atoms with E-state index in [0.717, 1.165) is 6.42 Å². The van der Waals surface area contributed by atoms with Gasteiger partial charge in [0.25, 0.3) is 0 Å². The minimum Gasteiger partial charge on any atom is -0.266 e. The predicted molar refractivity (Wildman–Crippen MR) is 95.4 cm³/mol. The Bertz CT molecular complexity index is 601. The number of benzene rings is 1. The van der Waals surface area contributed by atoms with Crippen LogP contribution < -0.4 is 0 Å². The second-order valence-corrected chi connectivity index (χ2v) is 7.43. The van der Waals surface area contributed by atoms with Gasteiger partial charge in [-0.3, -0.25) is 4.68 Å². The van der Waals surface area contributed by atoms with Crippen molar-refractivity contribution in [1.82, 2.24) is 9.78 Å². The molecule has 0 aliphatic rings. The van der Waals surface area contributed by atoms with Gasteiger partial charge in [0.1, 0.15) is 0 Å². The minimum atomic E-state index is 0.0479. The van der Waals surface area contributed by atoms with Gasteiger partial charge in [-0.2, -0.15) is 5.10 Å². The summed E-state index contributed by atoms with van der Waals surface area (Å²) in [5.74, 6) is 0. The lowest BCUT2D eigenvalue weighted by molar-refractivity contribution is 0.479. The number of hydrogen-bond donors (Lipinski definition) is 0. The first-order valence-corrected chi connectivity index (χ1v) is 8.53. The summed E-state index contributed by atoms with van der Waals surface area (Å²) in [7, 11) is 0. The minimum absolute atomic E-state index is 0.0479. The molecule has 0 saturated carbocycles. The Kier molecular flexibility index (Phi) is 5.10. The van der Waals surface area contributed by atoms with Gasteiger partial charge < -0.3 is 0 Å². The summed E-state index contributed by atoms with van der Waals surface area (Å²) in [6.07, 6.45) is 3.52. The first-order valence-electron chi connectivity index (χ1n) is 8.53. The van der Waals surface area contributed by atoms with Crippen LogP contribution in [0.5, 0.6) is 0 Å². The molecule has 1 aromatic heterocycles. The van der Waals surface area contributed by atoms with E-state index < -0.39 is 0 Å². The Labute approximate surface area is 135 Å². The summed E-state index contributed by atoms with van der Waals surface area (Å²) < 4.78 is 2.25. The summed E-state index contributed by atoms with van der Waals surface area (Å²) in [5.41, 5.74) is 5.32. The molecule has 22 heavy (non-hydrogen) atoms. The highest BCUT2D eigenvalue weighted by Gasteiger charge is 2.27. The zero-order chi connectivity index (χ0) is 16.3. The van der Waals surface area contributed by atoms with Gasteiger partial charge in [0.05, 0.1) is 5.69 Å². The van der Waals surface area contributed by atoms with Crippen molar-refractivity contribution in [3.63, 3.8) is 0 Å². The molecular formula is C20H30N2. The van der Waals surface area contributed by atoms with Gasteiger partial charge in [-0.15, -0.1) is 0 Å². The van der Waals surface area contributed by atoms with E-state index in [4.69, 9.17) is 5.10 Å². The normalized spacial score (nSPS) is 12.1. The van der Waals surface area contributed by atoms with Crippen LogP contribution in [0.4, 0.5) is 0 Å². The van der Waals surface area contributed by atoms with Crippen LogP contribution >= 0.6 is 0 Å². The highest BCUT2D eigenvalue weighted by Crippen LogP contribution is 2.36. The molecular weight excluding hydrogens is 268 g/mol. The van der Waals surface area contributed by atoms with Crippen molar-refractivity contribution in [1.29, 1.82) is 0 Å². The van der Waals surface area contributed by atoms with E-state index in [1.807, 2.05) is 0 Å². The number of aromatic nitrogens is 2. The van der Waals surface area contributed by atoms with Crippen molar-refractivity contribution < 1.29 is 0 Å². The van der Waals surface area contributed by atoms with Gasteiger partial charge >= 0.3 is 0 Å². The third-order valence-electron chi connectivity index (χ3n) is 4.04. The Morgan fingerprint density at radius 3 is 2.23 bits per heavy atom. The Hall–Kier alpha value is -1.57. The van der Waals surface area contributed by atoms with Crippen molar-refractivity contribution in [2.24, 2.45) is 0 Å². The van der Waals surface area contributed by atoms with Gasteiger partial charge in [0.2, 0.25) is 0 Å². The fraction of sp³-hybridized carbons (Fsp3) is 0.550. The molecule has 0 fully saturated rings. The smallest absolute Gasteiger partial charge is 0.0759 e. The maximum absolute atomic E-state index is 5.03. The van der Waals surface area contributed by atoms with Crippen LogP contribution in [0.3, 0.4) is 0 Å². The third kappa shape index (κ3) is 3.43. The lowest BCUT2D eigenvalue weighted by Crippen LogP contribution is -2.14. The molecule has 0 aliphatic carbocycles. The van der Waals surface area contributed by atoms with Crippen molar-refractivity contribution in [3.8, 4) is 11.1 Å². The Morgan fingerprint density at radius 1 is 1.09 bits per heavy atom. The molecule has 0 unspecified atom stereocenters. The molecule has 0 N–H and O–H groups in total. The molecule has 1 aromatic carbocycles. The van der Waals surface area contributed by atoms with Crippen LogP contribution in [0.25, 0.3) is 11.1 Å². The van der Waals surface area contributed by atoms with Crippen molar-refractivity contribution in [2.75, 3.05) is 0 Å². The van der Waals surface area contributed by atoms with Crippen LogP contribution in [0, 0.1) is 0 Å². The lowest BCUT2D eigenvalue weighted by atomic mass is 9.86. The molecule has 120 valence electrons. The maximum Gasteiger partial charge on any atom is 0.0759 e. The van der Waals surface area contributed by atoms with Crippen molar-refractivity contribution >= 4 is 0 Å². The van der Waals surface area contributed by atoms with Crippen LogP contribution in [0.1, 0.15) is 71.8 Å². The lowest BCUT2D eigenvalue weighted by Gasteiger charge is -2.18. The van der Waals surface area contributed by atoms with Crippen LogP contribution in [-0.4, -0.2) is 9.78 Å². The van der Waals surface area contributed by atoms with E-state index >= 15 is 0 Å². The van der Waals surface area contributed by atoms with Gasteiger partial charge in [0, 0.05) is 22.7 Å². The molecule has 1 heterocycles. The fourth-order valence-corrected chi connectivity index (χ4v) is 2.91. The second kappa shape index (κ2) is 6.68. The zero-order valence-corrected chi connectivity index (χ0v) is 15.0. The van der Waals surface area contributed by atoms with Crippen LogP contribution in [-0.2, 0) is 11.8 Å². The van der Waals surface area contributed by atoms with Crippen molar-refractivity contribution in [3.05, 3.63) is 41.7 Å². The van der Waals surface area contributed by atoms with Gasteiger partial charge in [-0.05, 0) is 32.3 Å². The molecule has 0 spiro atoms. The van der Waals surface area contributed by atoms with E-state index in [0.29, 0.717) is 6.04 Å². The number of hydrogen-bond acceptors (Lipinski definition) is 1. The summed E-state index contributed by atoms with van der Waals surface area (Å²) >= 11 is 0. The van der Waals surface area contributed by atoms with Crippen LogP contribution in [0.2, 0.25) is 0 Å².